The van der Waals surface area contributed by atoms with Crippen molar-refractivity contribution in [2.24, 2.45) is 0 Å². The SMILES string of the molecule is CCn1cc(-c2c(C#N)c(N)nc(OC)c2C#N)cn1. The summed E-state index contributed by atoms with van der Waals surface area (Å²) in [5.41, 5.74) is 7.12. The van der Waals surface area contributed by atoms with Gasteiger partial charge < -0.3 is 10.5 Å². The summed E-state index contributed by atoms with van der Waals surface area (Å²) in [6.45, 7) is 2.62. The second-order valence-electron chi connectivity index (χ2n) is 3.94. The molecule has 2 heterocycles. The van der Waals surface area contributed by atoms with Crippen molar-refractivity contribution in [1.82, 2.24) is 14.8 Å². The molecule has 100 valence electrons. The average Bonchev–Trinajstić information content (AvgIpc) is 2.94. The van der Waals surface area contributed by atoms with Gasteiger partial charge in [0, 0.05) is 23.9 Å². The third-order valence-electron chi connectivity index (χ3n) is 2.85. The van der Waals surface area contributed by atoms with Crippen molar-refractivity contribution in [3.63, 3.8) is 0 Å². The second-order valence-corrected chi connectivity index (χ2v) is 3.94. The number of hydrogen-bond donors (Lipinski definition) is 1. The maximum atomic E-state index is 9.32. The topological polar surface area (TPSA) is 114 Å². The van der Waals surface area contributed by atoms with Crippen LogP contribution in [0.5, 0.6) is 5.88 Å². The van der Waals surface area contributed by atoms with E-state index in [1.165, 1.54) is 7.11 Å². The Labute approximate surface area is 115 Å². The lowest BCUT2D eigenvalue weighted by Gasteiger charge is -2.10. The number of rotatable bonds is 3. The van der Waals surface area contributed by atoms with Crippen molar-refractivity contribution in [3.05, 3.63) is 23.5 Å². The van der Waals surface area contributed by atoms with Crippen LogP contribution in [-0.2, 0) is 6.54 Å². The number of nitrogen functional groups attached to an aromatic ring is 1. The summed E-state index contributed by atoms with van der Waals surface area (Å²) in [4.78, 5) is 3.93. The minimum absolute atomic E-state index is 0.0302. The molecule has 0 saturated heterocycles. The summed E-state index contributed by atoms with van der Waals surface area (Å²) in [6.07, 6.45) is 3.33. The van der Waals surface area contributed by atoms with Crippen LogP contribution < -0.4 is 10.5 Å². The third-order valence-corrected chi connectivity index (χ3v) is 2.85. The highest BCUT2D eigenvalue weighted by molar-refractivity contribution is 5.81. The first kappa shape index (κ1) is 13.4. The Bertz CT molecular complexity index is 735. The van der Waals surface area contributed by atoms with Gasteiger partial charge in [-0.2, -0.15) is 20.6 Å². The quantitative estimate of drug-likeness (QED) is 0.897. The first-order chi connectivity index (χ1) is 9.65. The molecule has 20 heavy (non-hydrogen) atoms. The van der Waals surface area contributed by atoms with E-state index in [4.69, 9.17) is 10.5 Å². The van der Waals surface area contributed by atoms with Gasteiger partial charge in [-0.05, 0) is 6.92 Å². The van der Waals surface area contributed by atoms with Gasteiger partial charge >= 0.3 is 0 Å². The molecule has 0 aliphatic heterocycles. The summed E-state index contributed by atoms with van der Waals surface area (Å²) in [6, 6.07) is 4.00. The number of aryl methyl sites for hydroxylation is 1. The molecular formula is C13H12N6O. The van der Waals surface area contributed by atoms with Crippen molar-refractivity contribution < 1.29 is 4.74 Å². The van der Waals surface area contributed by atoms with Crippen LogP contribution in [0.3, 0.4) is 0 Å². The van der Waals surface area contributed by atoms with E-state index >= 15 is 0 Å². The normalized spacial score (nSPS) is 9.80. The molecule has 0 radical (unpaired) electrons. The molecule has 0 saturated carbocycles. The lowest BCUT2D eigenvalue weighted by Crippen LogP contribution is -2.03. The van der Waals surface area contributed by atoms with Crippen molar-refractivity contribution in [2.75, 3.05) is 12.8 Å². The number of nitriles is 2. The van der Waals surface area contributed by atoms with E-state index < -0.39 is 0 Å². The van der Waals surface area contributed by atoms with Crippen LogP contribution in [0.2, 0.25) is 0 Å². The van der Waals surface area contributed by atoms with E-state index in [0.717, 1.165) is 0 Å². The molecule has 7 heteroatoms. The number of anilines is 1. The maximum absolute atomic E-state index is 9.32. The number of nitrogens with zero attached hydrogens (tertiary/aromatic N) is 5. The molecule has 2 aromatic rings. The smallest absolute Gasteiger partial charge is 0.234 e. The molecule has 0 spiro atoms. The molecule has 0 bridgehead atoms. The Morgan fingerprint density at radius 2 is 2.05 bits per heavy atom. The van der Waals surface area contributed by atoms with Crippen molar-refractivity contribution >= 4 is 5.82 Å². The number of hydrogen-bond acceptors (Lipinski definition) is 6. The third kappa shape index (κ3) is 2.02. The summed E-state index contributed by atoms with van der Waals surface area (Å²) < 4.78 is 6.76. The van der Waals surface area contributed by atoms with Crippen molar-refractivity contribution in [1.29, 1.82) is 10.5 Å². The van der Waals surface area contributed by atoms with Crippen LogP contribution in [0.25, 0.3) is 11.1 Å². The Kier molecular flexibility index (Phi) is 3.54. The van der Waals surface area contributed by atoms with Crippen LogP contribution in [-0.4, -0.2) is 21.9 Å². The molecule has 0 aliphatic carbocycles. The highest BCUT2D eigenvalue weighted by atomic mass is 16.5. The highest BCUT2D eigenvalue weighted by Crippen LogP contribution is 2.34. The molecule has 0 amide bonds. The van der Waals surface area contributed by atoms with E-state index in [9.17, 15) is 10.5 Å². The van der Waals surface area contributed by atoms with Crippen molar-refractivity contribution in [2.45, 2.75) is 13.5 Å². The van der Waals surface area contributed by atoms with Gasteiger partial charge in [0.1, 0.15) is 29.1 Å². The van der Waals surface area contributed by atoms with E-state index in [-0.39, 0.29) is 22.8 Å². The number of methoxy groups -OCH3 is 1. The van der Waals surface area contributed by atoms with Gasteiger partial charge in [0.15, 0.2) is 0 Å². The highest BCUT2D eigenvalue weighted by Gasteiger charge is 2.21. The van der Waals surface area contributed by atoms with Crippen LogP contribution in [0.4, 0.5) is 5.82 Å². The minimum atomic E-state index is 0.0302. The molecule has 0 fully saturated rings. The number of nitrogens with two attached hydrogens (primary N) is 1. The summed E-state index contributed by atoms with van der Waals surface area (Å²) >= 11 is 0. The molecule has 0 aliphatic rings. The first-order valence-corrected chi connectivity index (χ1v) is 5.86. The lowest BCUT2D eigenvalue weighted by molar-refractivity contribution is 0.397. The monoisotopic (exact) mass is 268 g/mol. The second kappa shape index (κ2) is 5.29. The zero-order valence-electron chi connectivity index (χ0n) is 11.1. The predicted molar refractivity (Wildman–Crippen MR) is 71.5 cm³/mol. The van der Waals surface area contributed by atoms with Gasteiger partial charge in [-0.25, -0.2) is 0 Å². The largest absolute Gasteiger partial charge is 0.480 e. The van der Waals surface area contributed by atoms with Gasteiger partial charge in [0.25, 0.3) is 0 Å². The van der Waals surface area contributed by atoms with Gasteiger partial charge in [-0.1, -0.05) is 0 Å². The molecule has 2 rings (SSSR count). The molecule has 2 aromatic heterocycles. The van der Waals surface area contributed by atoms with E-state index in [1.807, 2.05) is 19.1 Å². The van der Waals surface area contributed by atoms with Gasteiger partial charge in [-0.15, -0.1) is 0 Å². The Morgan fingerprint density at radius 3 is 2.55 bits per heavy atom. The first-order valence-electron chi connectivity index (χ1n) is 5.86. The Hall–Kier alpha value is -3.06. The summed E-state index contributed by atoms with van der Waals surface area (Å²) in [7, 11) is 1.40. The fourth-order valence-electron chi connectivity index (χ4n) is 1.90. The van der Waals surface area contributed by atoms with Crippen LogP contribution in [0.1, 0.15) is 18.1 Å². The van der Waals surface area contributed by atoms with Crippen LogP contribution in [0.15, 0.2) is 12.4 Å². The zero-order chi connectivity index (χ0) is 14.7. The van der Waals surface area contributed by atoms with Gasteiger partial charge in [-0.3, -0.25) is 4.68 Å². The molecule has 0 unspecified atom stereocenters. The lowest BCUT2D eigenvalue weighted by atomic mass is 9.99. The minimum Gasteiger partial charge on any atom is -0.480 e. The predicted octanol–water partition coefficient (Wildman–Crippen LogP) is 1.30. The number of pyridine rings is 1. The van der Waals surface area contributed by atoms with Gasteiger partial charge in [0.05, 0.1) is 13.3 Å². The Balaban J connectivity index is 2.81. The fourth-order valence-corrected chi connectivity index (χ4v) is 1.90. The summed E-state index contributed by atoms with van der Waals surface area (Å²) in [5.74, 6) is 0.130. The van der Waals surface area contributed by atoms with Crippen molar-refractivity contribution in [3.8, 4) is 29.1 Å². The van der Waals surface area contributed by atoms with Gasteiger partial charge in [0.2, 0.25) is 5.88 Å². The average molecular weight is 268 g/mol. The standard InChI is InChI=1S/C13H12N6O/c1-3-19-7-8(6-17-19)11-9(4-14)12(16)18-13(20-2)10(11)5-15/h6-7H,3H2,1-2H3,(H2,16,18). The van der Waals surface area contributed by atoms with Crippen LogP contribution in [0, 0.1) is 22.7 Å². The number of aromatic nitrogens is 3. The van der Waals surface area contributed by atoms with E-state index in [0.29, 0.717) is 17.7 Å². The molecule has 7 nitrogen and oxygen atoms in total. The Morgan fingerprint density at radius 1 is 1.35 bits per heavy atom. The number of ether oxygens (including phenoxy) is 1. The summed E-state index contributed by atoms with van der Waals surface area (Å²) in [5, 5.41) is 22.7. The molecule has 0 atom stereocenters. The van der Waals surface area contributed by atoms with E-state index in [2.05, 4.69) is 10.1 Å². The molecule has 2 N–H and O–H groups in total. The zero-order valence-corrected chi connectivity index (χ0v) is 11.1. The molecule has 0 aromatic carbocycles. The fraction of sp³-hybridized carbons (Fsp3) is 0.231. The van der Waals surface area contributed by atoms with Crippen LogP contribution >= 0.6 is 0 Å². The van der Waals surface area contributed by atoms with E-state index in [1.54, 1.807) is 17.1 Å². The maximum Gasteiger partial charge on any atom is 0.234 e. The molecular weight excluding hydrogens is 256 g/mol.